The number of carbonyl (C=O) groups is 1. The Morgan fingerprint density at radius 1 is 1.07 bits per heavy atom. The Bertz CT molecular complexity index is 791. The number of fused-ring (bicyclic) bond motifs is 2. The largest absolute Gasteiger partial charge is 0.496 e. The summed E-state index contributed by atoms with van der Waals surface area (Å²) in [5, 5.41) is 0. The Morgan fingerprint density at radius 3 is 2.56 bits per heavy atom. The average molecular weight is 366 g/mol. The third-order valence-electron chi connectivity index (χ3n) is 6.25. The third-order valence-corrected chi connectivity index (χ3v) is 6.25. The quantitative estimate of drug-likeness (QED) is 0.827. The maximum absolute atomic E-state index is 11.9. The molecule has 2 bridgehead atoms. The van der Waals surface area contributed by atoms with Crippen molar-refractivity contribution in [3.05, 3.63) is 65.7 Å². The first-order valence-corrected chi connectivity index (χ1v) is 9.87. The van der Waals surface area contributed by atoms with Gasteiger partial charge in [0, 0.05) is 43.2 Å². The molecule has 2 heterocycles. The maximum Gasteiger partial charge on any atom is 0.303 e. The van der Waals surface area contributed by atoms with Crippen molar-refractivity contribution in [2.75, 3.05) is 7.11 Å². The predicted molar refractivity (Wildman–Crippen MR) is 104 cm³/mol. The van der Waals surface area contributed by atoms with Crippen molar-refractivity contribution in [3.63, 3.8) is 0 Å². The lowest BCUT2D eigenvalue weighted by atomic mass is 9.81. The summed E-state index contributed by atoms with van der Waals surface area (Å²) in [6.07, 6.45) is 3.22. The molecule has 0 saturated carbocycles. The van der Waals surface area contributed by atoms with Crippen molar-refractivity contribution in [2.45, 2.75) is 56.8 Å². The lowest BCUT2D eigenvalue weighted by Crippen LogP contribution is -3.18. The number of quaternary nitrogens is 1. The van der Waals surface area contributed by atoms with Crippen molar-refractivity contribution in [2.24, 2.45) is 0 Å². The average Bonchev–Trinajstić information content (AvgIpc) is 2.97. The molecule has 5 atom stereocenters. The smallest absolute Gasteiger partial charge is 0.303 e. The van der Waals surface area contributed by atoms with E-state index in [4.69, 9.17) is 9.47 Å². The van der Waals surface area contributed by atoms with Crippen molar-refractivity contribution in [3.8, 4) is 5.75 Å². The first kappa shape index (κ1) is 18.1. The number of piperidine rings is 1. The lowest BCUT2D eigenvalue weighted by Gasteiger charge is -2.41. The Labute approximate surface area is 161 Å². The van der Waals surface area contributed by atoms with Crippen molar-refractivity contribution in [1.82, 2.24) is 0 Å². The third kappa shape index (κ3) is 3.59. The van der Waals surface area contributed by atoms with Crippen LogP contribution in [-0.4, -0.2) is 31.3 Å². The van der Waals surface area contributed by atoms with Crippen LogP contribution >= 0.6 is 0 Å². The summed E-state index contributed by atoms with van der Waals surface area (Å²) in [6, 6.07) is 19.7. The van der Waals surface area contributed by atoms with E-state index in [1.165, 1.54) is 24.5 Å². The number of ether oxygens (including phenoxy) is 2. The Hall–Kier alpha value is -2.33. The minimum Gasteiger partial charge on any atom is -0.496 e. The summed E-state index contributed by atoms with van der Waals surface area (Å²) in [6.45, 7) is 2.52. The fourth-order valence-corrected chi connectivity index (χ4v) is 5.16. The molecular weight excluding hydrogens is 338 g/mol. The molecule has 1 unspecified atom stereocenters. The van der Waals surface area contributed by atoms with Gasteiger partial charge in [0.15, 0.2) is 6.10 Å². The molecule has 27 heavy (non-hydrogen) atoms. The second-order valence-corrected chi connectivity index (χ2v) is 7.78. The van der Waals surface area contributed by atoms with Crippen LogP contribution in [0, 0.1) is 0 Å². The number of esters is 1. The standard InChI is InChI=1S/C23H27NO3/c1-16(25)27-23-20(19-10-6-7-11-22(19)26-2)14-18-12-13-21(23)24(18)15-17-8-4-3-5-9-17/h3-11,18,20-21,23H,12-15H2,1-2H3/p+1/t18-,20-,21+,23+/m1/s1. The molecule has 2 saturated heterocycles. The Kier molecular flexibility index (Phi) is 5.17. The summed E-state index contributed by atoms with van der Waals surface area (Å²) in [5.41, 5.74) is 2.52. The van der Waals surface area contributed by atoms with Gasteiger partial charge in [-0.3, -0.25) is 4.79 Å². The van der Waals surface area contributed by atoms with Crippen LogP contribution in [0.3, 0.4) is 0 Å². The number of hydrogen-bond acceptors (Lipinski definition) is 3. The molecule has 0 amide bonds. The highest BCUT2D eigenvalue weighted by molar-refractivity contribution is 5.66. The fourth-order valence-electron chi connectivity index (χ4n) is 5.16. The van der Waals surface area contributed by atoms with E-state index in [-0.39, 0.29) is 18.0 Å². The van der Waals surface area contributed by atoms with E-state index >= 15 is 0 Å². The first-order valence-electron chi connectivity index (χ1n) is 9.87. The number of carbonyl (C=O) groups excluding carboxylic acids is 1. The monoisotopic (exact) mass is 366 g/mol. The molecule has 2 aromatic carbocycles. The van der Waals surface area contributed by atoms with Crippen LogP contribution in [0.2, 0.25) is 0 Å². The lowest BCUT2D eigenvalue weighted by molar-refractivity contribution is -0.958. The van der Waals surface area contributed by atoms with Gasteiger partial charge in [-0.25, -0.2) is 0 Å². The summed E-state index contributed by atoms with van der Waals surface area (Å²) >= 11 is 0. The minimum absolute atomic E-state index is 0.101. The molecule has 142 valence electrons. The molecule has 0 spiro atoms. The van der Waals surface area contributed by atoms with Crippen molar-refractivity contribution < 1.29 is 19.2 Å². The van der Waals surface area contributed by atoms with Gasteiger partial charge in [0.25, 0.3) is 0 Å². The van der Waals surface area contributed by atoms with Crippen LogP contribution in [0.5, 0.6) is 5.75 Å². The highest BCUT2D eigenvalue weighted by Gasteiger charge is 2.53. The number of para-hydroxylation sites is 1. The second kappa shape index (κ2) is 7.73. The van der Waals surface area contributed by atoms with Gasteiger partial charge in [0.2, 0.25) is 0 Å². The summed E-state index contributed by atoms with van der Waals surface area (Å²) in [7, 11) is 1.71. The minimum atomic E-state index is -0.190. The van der Waals surface area contributed by atoms with Crippen LogP contribution in [0.1, 0.15) is 43.2 Å². The highest BCUT2D eigenvalue weighted by Crippen LogP contribution is 2.40. The summed E-state index contributed by atoms with van der Waals surface area (Å²) in [4.78, 5) is 13.5. The molecule has 0 aromatic heterocycles. The zero-order chi connectivity index (χ0) is 18.8. The number of rotatable bonds is 5. The summed E-state index contributed by atoms with van der Waals surface area (Å²) in [5.74, 6) is 0.900. The van der Waals surface area contributed by atoms with Gasteiger partial charge in [-0.2, -0.15) is 0 Å². The van der Waals surface area contributed by atoms with Crippen LogP contribution in [-0.2, 0) is 16.1 Å². The van der Waals surface area contributed by atoms with Crippen molar-refractivity contribution >= 4 is 5.97 Å². The van der Waals surface area contributed by atoms with Gasteiger partial charge in [-0.1, -0.05) is 48.5 Å². The van der Waals surface area contributed by atoms with Crippen LogP contribution in [0.4, 0.5) is 0 Å². The van der Waals surface area contributed by atoms with E-state index in [2.05, 4.69) is 36.4 Å². The fraction of sp³-hybridized carbons (Fsp3) is 0.435. The number of hydrogen-bond donors (Lipinski definition) is 1. The molecule has 4 heteroatoms. The molecule has 0 aliphatic carbocycles. The van der Waals surface area contributed by atoms with Gasteiger partial charge in [0.05, 0.1) is 13.2 Å². The van der Waals surface area contributed by atoms with Crippen LogP contribution in [0.25, 0.3) is 0 Å². The number of methoxy groups -OCH3 is 1. The second-order valence-electron chi connectivity index (χ2n) is 7.78. The molecule has 2 aliphatic rings. The molecule has 2 aromatic rings. The maximum atomic E-state index is 11.9. The molecule has 4 rings (SSSR count). The van der Waals surface area contributed by atoms with Crippen LogP contribution in [0.15, 0.2) is 54.6 Å². The Balaban J connectivity index is 1.65. The SMILES string of the molecule is COc1ccccc1[C@H]1C[C@H]2CC[C@@H]([C@H]1OC(C)=O)[NH+]2Cc1ccccc1. The predicted octanol–water partition coefficient (Wildman–Crippen LogP) is 2.73. The van der Waals surface area contributed by atoms with Gasteiger partial charge >= 0.3 is 5.97 Å². The molecule has 0 radical (unpaired) electrons. The van der Waals surface area contributed by atoms with E-state index in [0.717, 1.165) is 25.1 Å². The van der Waals surface area contributed by atoms with E-state index < -0.39 is 0 Å². The van der Waals surface area contributed by atoms with Crippen molar-refractivity contribution in [1.29, 1.82) is 0 Å². The summed E-state index contributed by atoms with van der Waals surface area (Å²) < 4.78 is 11.6. The van der Waals surface area contributed by atoms with Crippen LogP contribution < -0.4 is 9.64 Å². The zero-order valence-electron chi connectivity index (χ0n) is 16.1. The van der Waals surface area contributed by atoms with E-state index in [1.54, 1.807) is 12.0 Å². The molecule has 2 fully saturated rings. The topological polar surface area (TPSA) is 40.0 Å². The van der Waals surface area contributed by atoms with E-state index in [9.17, 15) is 4.79 Å². The zero-order valence-corrected chi connectivity index (χ0v) is 16.1. The van der Waals surface area contributed by atoms with Gasteiger partial charge in [-0.05, 0) is 6.07 Å². The highest BCUT2D eigenvalue weighted by atomic mass is 16.5. The number of nitrogens with one attached hydrogen (secondary N) is 1. The first-order chi connectivity index (χ1) is 13.2. The molecule has 4 nitrogen and oxygen atoms in total. The Morgan fingerprint density at radius 2 is 1.81 bits per heavy atom. The van der Waals surface area contributed by atoms with Gasteiger partial charge < -0.3 is 14.4 Å². The molecule has 2 aliphatic heterocycles. The molecular formula is C23H28NO3+. The van der Waals surface area contributed by atoms with E-state index in [1.807, 2.05) is 18.2 Å². The normalized spacial score (nSPS) is 29.3. The van der Waals surface area contributed by atoms with Gasteiger partial charge in [-0.15, -0.1) is 0 Å². The number of benzene rings is 2. The molecule has 1 N–H and O–H groups in total. The van der Waals surface area contributed by atoms with E-state index in [0.29, 0.717) is 12.1 Å². The van der Waals surface area contributed by atoms with Gasteiger partial charge in [0.1, 0.15) is 18.3 Å².